The Morgan fingerprint density at radius 3 is 2.00 bits per heavy atom. The zero-order valence-electron chi connectivity index (χ0n) is 21.0. The van der Waals surface area contributed by atoms with Gasteiger partial charge < -0.3 is 13.9 Å². The standard InChI is InChI=1S/C27H32O6Si/c1-27(2,3)34(6,7)33-14-15-13-17-22(21-16(15)9-8-10-18(21)28)26(30)24-20(32-5)12-11-19(31-4)23(24)25(17)29/h11-13H,8-10,14H2,1-7H3. The van der Waals surface area contributed by atoms with Gasteiger partial charge in [-0.2, -0.15) is 0 Å². The number of methoxy groups -OCH3 is 2. The van der Waals surface area contributed by atoms with E-state index >= 15 is 0 Å². The third kappa shape index (κ3) is 3.71. The van der Waals surface area contributed by atoms with Gasteiger partial charge in [-0.05, 0) is 60.3 Å². The van der Waals surface area contributed by atoms with Gasteiger partial charge in [0.15, 0.2) is 25.7 Å². The lowest BCUT2D eigenvalue weighted by atomic mass is 9.74. The molecule has 0 N–H and O–H groups in total. The van der Waals surface area contributed by atoms with Crippen molar-refractivity contribution in [1.29, 1.82) is 0 Å². The monoisotopic (exact) mass is 480 g/mol. The van der Waals surface area contributed by atoms with Crippen LogP contribution in [-0.2, 0) is 17.5 Å². The summed E-state index contributed by atoms with van der Waals surface area (Å²) in [6, 6.07) is 5.00. The number of hydrogen-bond donors (Lipinski definition) is 0. The Kier molecular flexibility index (Phi) is 6.06. The van der Waals surface area contributed by atoms with Crippen molar-refractivity contribution in [3.05, 3.63) is 57.1 Å². The van der Waals surface area contributed by atoms with Crippen LogP contribution in [0, 0.1) is 0 Å². The molecule has 0 spiro atoms. The van der Waals surface area contributed by atoms with Gasteiger partial charge in [0, 0.05) is 23.1 Å². The van der Waals surface area contributed by atoms with E-state index in [1.165, 1.54) is 14.2 Å². The SMILES string of the molecule is COc1ccc(OC)c2c1C(=O)c1cc(CO[Si](C)(C)C(C)(C)C)c3c(c1C2=O)C(=O)CCC3. The first-order chi connectivity index (χ1) is 15.9. The van der Waals surface area contributed by atoms with Crippen LogP contribution in [-0.4, -0.2) is 39.9 Å². The van der Waals surface area contributed by atoms with Crippen molar-refractivity contribution in [2.24, 2.45) is 0 Å². The van der Waals surface area contributed by atoms with Gasteiger partial charge in [-0.1, -0.05) is 20.8 Å². The number of rotatable bonds is 5. The van der Waals surface area contributed by atoms with Crippen LogP contribution in [0.25, 0.3) is 0 Å². The molecule has 4 rings (SSSR count). The highest BCUT2D eigenvalue weighted by atomic mass is 28.4. The second-order valence-corrected chi connectivity index (χ2v) is 15.3. The molecule has 0 aliphatic heterocycles. The molecule has 180 valence electrons. The normalized spacial score (nSPS) is 15.6. The van der Waals surface area contributed by atoms with Crippen LogP contribution < -0.4 is 9.47 Å². The summed E-state index contributed by atoms with van der Waals surface area (Å²) in [5, 5.41) is 0.0196. The van der Waals surface area contributed by atoms with Crippen LogP contribution >= 0.6 is 0 Å². The Bertz CT molecular complexity index is 1220. The molecule has 0 amide bonds. The fourth-order valence-corrected chi connectivity index (χ4v) is 5.51. The molecule has 2 aliphatic carbocycles. The summed E-state index contributed by atoms with van der Waals surface area (Å²) in [4.78, 5) is 40.8. The fraction of sp³-hybridized carbons (Fsp3) is 0.444. The van der Waals surface area contributed by atoms with Crippen LogP contribution in [0.2, 0.25) is 18.1 Å². The molecule has 6 nitrogen and oxygen atoms in total. The van der Waals surface area contributed by atoms with Crippen molar-refractivity contribution in [3.63, 3.8) is 0 Å². The van der Waals surface area contributed by atoms with E-state index < -0.39 is 8.32 Å². The molecule has 0 bridgehead atoms. The van der Waals surface area contributed by atoms with Gasteiger partial charge in [0.2, 0.25) is 0 Å². The molecule has 0 atom stereocenters. The van der Waals surface area contributed by atoms with Gasteiger partial charge in [0.1, 0.15) is 11.5 Å². The molecular formula is C27H32O6Si. The van der Waals surface area contributed by atoms with Gasteiger partial charge in [0.05, 0.1) is 32.0 Å². The van der Waals surface area contributed by atoms with E-state index in [-0.39, 0.29) is 44.6 Å². The molecule has 2 aromatic carbocycles. The largest absolute Gasteiger partial charge is 0.496 e. The first kappa shape index (κ1) is 24.4. The number of fused-ring (bicyclic) bond motifs is 4. The molecule has 34 heavy (non-hydrogen) atoms. The summed E-state index contributed by atoms with van der Waals surface area (Å²) < 4.78 is 17.3. The molecule has 0 fully saturated rings. The maximum absolute atomic E-state index is 13.8. The lowest BCUT2D eigenvalue weighted by Crippen LogP contribution is -2.40. The van der Waals surface area contributed by atoms with Gasteiger partial charge in [-0.25, -0.2) is 0 Å². The van der Waals surface area contributed by atoms with Crippen molar-refractivity contribution in [3.8, 4) is 11.5 Å². The summed E-state index contributed by atoms with van der Waals surface area (Å²) in [5.41, 5.74) is 2.81. The number of hydrogen-bond acceptors (Lipinski definition) is 6. The molecule has 0 unspecified atom stereocenters. The second kappa shape index (κ2) is 8.47. The minimum absolute atomic E-state index is 0.0196. The summed E-state index contributed by atoms with van der Waals surface area (Å²) in [6.07, 6.45) is 1.75. The van der Waals surface area contributed by atoms with Gasteiger partial charge in [-0.3, -0.25) is 14.4 Å². The van der Waals surface area contributed by atoms with Crippen molar-refractivity contribution in [2.75, 3.05) is 14.2 Å². The third-order valence-electron chi connectivity index (χ3n) is 7.53. The number of benzene rings is 2. The Labute approximate surface area is 201 Å². The highest BCUT2D eigenvalue weighted by Crippen LogP contribution is 2.43. The average molecular weight is 481 g/mol. The minimum Gasteiger partial charge on any atom is -0.496 e. The average Bonchev–Trinajstić information content (AvgIpc) is 2.79. The molecule has 0 heterocycles. The van der Waals surface area contributed by atoms with Crippen molar-refractivity contribution >= 4 is 25.7 Å². The van der Waals surface area contributed by atoms with E-state index in [4.69, 9.17) is 13.9 Å². The maximum atomic E-state index is 13.8. The summed E-state index contributed by atoms with van der Waals surface area (Å²) in [5.74, 6) is -0.206. The Morgan fingerprint density at radius 1 is 0.853 bits per heavy atom. The lowest BCUT2D eigenvalue weighted by Gasteiger charge is -2.37. The van der Waals surface area contributed by atoms with E-state index in [0.717, 1.165) is 11.1 Å². The molecule has 2 aromatic rings. The van der Waals surface area contributed by atoms with Gasteiger partial charge >= 0.3 is 0 Å². The Hall–Kier alpha value is -2.77. The molecule has 2 aliphatic rings. The maximum Gasteiger partial charge on any atom is 0.199 e. The lowest BCUT2D eigenvalue weighted by molar-refractivity contribution is 0.0946. The molecule has 0 aromatic heterocycles. The fourth-order valence-electron chi connectivity index (χ4n) is 4.56. The summed E-state index contributed by atoms with van der Waals surface area (Å²) in [6.45, 7) is 11.2. The van der Waals surface area contributed by atoms with E-state index in [2.05, 4.69) is 33.9 Å². The van der Waals surface area contributed by atoms with Gasteiger partial charge in [-0.15, -0.1) is 0 Å². The number of Topliss-reactive ketones (excluding diaryl/α,β-unsaturated/α-hetero) is 1. The third-order valence-corrected chi connectivity index (χ3v) is 12.0. The van der Waals surface area contributed by atoms with Crippen LogP contribution in [0.15, 0.2) is 18.2 Å². The summed E-state index contributed by atoms with van der Waals surface area (Å²) in [7, 11) is 0.844. The van der Waals surface area contributed by atoms with E-state index in [1.807, 2.05) is 0 Å². The first-order valence-electron chi connectivity index (χ1n) is 11.6. The van der Waals surface area contributed by atoms with Crippen LogP contribution in [0.1, 0.15) is 86.9 Å². The highest BCUT2D eigenvalue weighted by Gasteiger charge is 2.41. The molecular weight excluding hydrogens is 448 g/mol. The summed E-state index contributed by atoms with van der Waals surface area (Å²) >= 11 is 0. The Balaban J connectivity index is 1.93. The highest BCUT2D eigenvalue weighted by molar-refractivity contribution is 6.74. The van der Waals surface area contributed by atoms with E-state index in [0.29, 0.717) is 42.9 Å². The number of ether oxygens (including phenoxy) is 2. The first-order valence-corrected chi connectivity index (χ1v) is 14.5. The molecule has 7 heteroatoms. The van der Waals surface area contributed by atoms with Crippen molar-refractivity contribution in [2.45, 2.75) is 64.8 Å². The van der Waals surface area contributed by atoms with Crippen LogP contribution in [0.5, 0.6) is 11.5 Å². The number of ketones is 3. The predicted molar refractivity (Wildman–Crippen MR) is 132 cm³/mol. The molecule has 0 saturated carbocycles. The van der Waals surface area contributed by atoms with Crippen molar-refractivity contribution < 1.29 is 28.3 Å². The second-order valence-electron chi connectivity index (χ2n) is 10.5. The topological polar surface area (TPSA) is 78.9 Å². The Morgan fingerprint density at radius 2 is 1.44 bits per heavy atom. The number of carbonyl (C=O) groups excluding carboxylic acids is 3. The van der Waals surface area contributed by atoms with Crippen molar-refractivity contribution in [1.82, 2.24) is 0 Å². The van der Waals surface area contributed by atoms with E-state index in [1.54, 1.807) is 18.2 Å². The van der Waals surface area contributed by atoms with Crippen LogP contribution in [0.3, 0.4) is 0 Å². The predicted octanol–water partition coefficient (Wildman–Crippen LogP) is 5.52. The quantitative estimate of drug-likeness (QED) is 0.448. The smallest absolute Gasteiger partial charge is 0.199 e. The minimum atomic E-state index is -2.07. The van der Waals surface area contributed by atoms with Gasteiger partial charge in [0.25, 0.3) is 0 Å². The van der Waals surface area contributed by atoms with E-state index in [9.17, 15) is 14.4 Å². The van der Waals surface area contributed by atoms with Crippen LogP contribution in [0.4, 0.5) is 0 Å². The zero-order valence-corrected chi connectivity index (χ0v) is 22.0. The number of carbonyl (C=O) groups is 3. The molecule has 0 radical (unpaired) electrons. The molecule has 0 saturated heterocycles. The zero-order chi connectivity index (χ0) is 25.0.